The minimum atomic E-state index is 0.120. The van der Waals surface area contributed by atoms with Crippen molar-refractivity contribution in [3.8, 4) is 5.75 Å². The third-order valence-electron chi connectivity index (χ3n) is 4.65. The van der Waals surface area contributed by atoms with Crippen LogP contribution in [-0.2, 0) is 13.1 Å². The number of rotatable bonds is 3. The molecule has 0 spiro atoms. The number of nitrogens with two attached hydrogens (primary N) is 1. The summed E-state index contributed by atoms with van der Waals surface area (Å²) in [5.74, 6) is 2.04. The average molecular weight is 320 g/mol. The summed E-state index contributed by atoms with van der Waals surface area (Å²) in [6.45, 7) is 1.37. The van der Waals surface area contributed by atoms with Crippen LogP contribution in [0.25, 0.3) is 0 Å². The molecule has 3 N–H and O–H groups in total. The lowest BCUT2D eigenvalue weighted by molar-refractivity contribution is 0.390. The van der Waals surface area contributed by atoms with Gasteiger partial charge in [0.15, 0.2) is 0 Å². The van der Waals surface area contributed by atoms with Crippen molar-refractivity contribution in [2.75, 3.05) is 0 Å². The molecule has 0 bridgehead atoms. The highest BCUT2D eigenvalue weighted by Gasteiger charge is 2.34. The van der Waals surface area contributed by atoms with Crippen LogP contribution in [0.15, 0.2) is 58.5 Å². The van der Waals surface area contributed by atoms with Crippen LogP contribution in [0.1, 0.15) is 24.0 Å². The van der Waals surface area contributed by atoms with E-state index in [2.05, 4.69) is 22.0 Å². The summed E-state index contributed by atoms with van der Waals surface area (Å²) in [6, 6.07) is 15.4. The maximum Gasteiger partial charge on any atom is 0.117 e. The molecular weight excluding hydrogens is 300 g/mol. The van der Waals surface area contributed by atoms with Crippen molar-refractivity contribution in [2.24, 2.45) is 15.7 Å². The Morgan fingerprint density at radius 3 is 2.83 bits per heavy atom. The molecule has 0 amide bonds. The van der Waals surface area contributed by atoms with E-state index in [9.17, 15) is 5.11 Å². The van der Waals surface area contributed by atoms with Crippen LogP contribution in [0.4, 0.5) is 5.69 Å². The van der Waals surface area contributed by atoms with E-state index in [0.29, 0.717) is 12.4 Å². The summed E-state index contributed by atoms with van der Waals surface area (Å²) in [6.07, 6.45) is 1.90. The van der Waals surface area contributed by atoms with Crippen molar-refractivity contribution in [1.29, 1.82) is 0 Å². The average Bonchev–Trinajstić information content (AvgIpc) is 3.02. The molecule has 2 aliphatic heterocycles. The van der Waals surface area contributed by atoms with Gasteiger partial charge >= 0.3 is 0 Å². The van der Waals surface area contributed by atoms with Crippen LogP contribution in [0.3, 0.4) is 0 Å². The fraction of sp³-hybridized carbons (Fsp3) is 0.263. The normalized spacial score (nSPS) is 19.7. The van der Waals surface area contributed by atoms with Crippen LogP contribution in [0.2, 0.25) is 0 Å². The highest BCUT2D eigenvalue weighted by atomic mass is 16.3. The molecule has 1 fully saturated rings. The van der Waals surface area contributed by atoms with Crippen LogP contribution in [-0.4, -0.2) is 27.7 Å². The Balaban J connectivity index is 1.51. The number of phenolic OH excluding ortho intramolecular Hbond substituents is 1. The van der Waals surface area contributed by atoms with Crippen LogP contribution < -0.4 is 5.73 Å². The van der Waals surface area contributed by atoms with Gasteiger partial charge in [0.05, 0.1) is 18.3 Å². The van der Waals surface area contributed by atoms with E-state index in [1.807, 2.05) is 24.3 Å². The predicted molar refractivity (Wildman–Crippen MR) is 95.5 cm³/mol. The van der Waals surface area contributed by atoms with Crippen molar-refractivity contribution < 1.29 is 5.11 Å². The van der Waals surface area contributed by atoms with Gasteiger partial charge < -0.3 is 15.7 Å². The zero-order valence-corrected chi connectivity index (χ0v) is 13.4. The number of aromatic hydroxyl groups is 1. The van der Waals surface area contributed by atoms with Gasteiger partial charge in [-0.3, -0.25) is 4.99 Å². The standard InChI is InChI=1S/C19H20N4O/c20-19(21-11-13-5-7-15(24)8-6-13)17-9-10-18-22-16-4-2-1-3-14(16)12-23(17)18/h1-8,17,24H,9-12H2,(H2,20,21)/t17-/m0/s1. The highest BCUT2D eigenvalue weighted by molar-refractivity contribution is 5.97. The Morgan fingerprint density at radius 2 is 2.00 bits per heavy atom. The van der Waals surface area contributed by atoms with Gasteiger partial charge in [-0.1, -0.05) is 30.3 Å². The van der Waals surface area contributed by atoms with Gasteiger partial charge in [-0.25, -0.2) is 4.99 Å². The molecule has 2 aromatic carbocycles. The van der Waals surface area contributed by atoms with Gasteiger partial charge in [-0.15, -0.1) is 0 Å². The summed E-state index contributed by atoms with van der Waals surface area (Å²) in [5, 5.41) is 9.34. The molecule has 24 heavy (non-hydrogen) atoms. The zero-order valence-electron chi connectivity index (χ0n) is 13.4. The summed E-state index contributed by atoms with van der Waals surface area (Å²) in [7, 11) is 0. The number of aliphatic imine (C=N–C) groups is 2. The number of phenols is 1. The maximum absolute atomic E-state index is 9.34. The SMILES string of the molecule is NC(=NCc1ccc(O)cc1)[C@@H]1CCC2=Nc3ccccc3CN21. The first kappa shape index (κ1) is 14.8. The molecule has 0 radical (unpaired) electrons. The van der Waals surface area contributed by atoms with Crippen molar-refractivity contribution >= 4 is 17.4 Å². The second-order valence-electron chi connectivity index (χ2n) is 6.25. The highest BCUT2D eigenvalue weighted by Crippen LogP contribution is 2.33. The van der Waals surface area contributed by atoms with Crippen molar-refractivity contribution in [1.82, 2.24) is 4.90 Å². The van der Waals surface area contributed by atoms with Crippen molar-refractivity contribution in [3.63, 3.8) is 0 Å². The van der Waals surface area contributed by atoms with E-state index < -0.39 is 0 Å². The lowest BCUT2D eigenvalue weighted by Gasteiger charge is -2.30. The fourth-order valence-corrected chi connectivity index (χ4v) is 3.34. The van der Waals surface area contributed by atoms with Gasteiger partial charge in [0.2, 0.25) is 0 Å². The summed E-state index contributed by atoms with van der Waals surface area (Å²) in [5.41, 5.74) is 9.63. The Morgan fingerprint density at radius 1 is 1.21 bits per heavy atom. The number of benzene rings is 2. The number of hydrogen-bond donors (Lipinski definition) is 2. The predicted octanol–water partition coefficient (Wildman–Crippen LogP) is 2.96. The van der Waals surface area contributed by atoms with E-state index in [1.54, 1.807) is 12.1 Å². The summed E-state index contributed by atoms with van der Waals surface area (Å²) < 4.78 is 0. The van der Waals surface area contributed by atoms with Gasteiger partial charge in [0.25, 0.3) is 0 Å². The number of hydrogen-bond acceptors (Lipinski definition) is 4. The van der Waals surface area contributed by atoms with Crippen molar-refractivity contribution in [3.05, 3.63) is 59.7 Å². The zero-order chi connectivity index (χ0) is 16.5. The largest absolute Gasteiger partial charge is 0.508 e. The molecule has 0 saturated carbocycles. The van der Waals surface area contributed by atoms with E-state index in [-0.39, 0.29) is 11.8 Å². The van der Waals surface area contributed by atoms with Crippen molar-refractivity contribution in [2.45, 2.75) is 32.0 Å². The van der Waals surface area contributed by atoms with Crippen LogP contribution in [0, 0.1) is 0 Å². The Hall–Kier alpha value is -2.82. The number of amidine groups is 2. The van der Waals surface area contributed by atoms with E-state index in [1.165, 1.54) is 5.56 Å². The first-order chi connectivity index (χ1) is 11.7. The third-order valence-corrected chi connectivity index (χ3v) is 4.65. The first-order valence-corrected chi connectivity index (χ1v) is 8.20. The maximum atomic E-state index is 9.34. The monoisotopic (exact) mass is 320 g/mol. The van der Waals surface area contributed by atoms with E-state index in [4.69, 9.17) is 10.7 Å². The molecular formula is C19H20N4O. The Bertz CT molecular complexity index is 810. The topological polar surface area (TPSA) is 74.2 Å². The molecule has 2 heterocycles. The molecule has 5 heteroatoms. The van der Waals surface area contributed by atoms with Gasteiger partial charge in [-0.05, 0) is 35.7 Å². The molecule has 4 rings (SSSR count). The second-order valence-corrected chi connectivity index (χ2v) is 6.25. The minimum absolute atomic E-state index is 0.120. The molecule has 0 aromatic heterocycles. The Labute approximate surface area is 141 Å². The smallest absolute Gasteiger partial charge is 0.117 e. The molecule has 2 aromatic rings. The quantitative estimate of drug-likeness (QED) is 0.674. The summed E-state index contributed by atoms with van der Waals surface area (Å²) in [4.78, 5) is 11.6. The molecule has 5 nitrogen and oxygen atoms in total. The lowest BCUT2D eigenvalue weighted by Crippen LogP contribution is -2.42. The Kier molecular flexibility index (Phi) is 3.69. The molecule has 122 valence electrons. The van der Waals surface area contributed by atoms with Crippen LogP contribution in [0.5, 0.6) is 5.75 Å². The van der Waals surface area contributed by atoms with Crippen LogP contribution >= 0.6 is 0 Å². The van der Waals surface area contributed by atoms with Gasteiger partial charge in [0.1, 0.15) is 17.4 Å². The van der Waals surface area contributed by atoms with Gasteiger partial charge in [-0.2, -0.15) is 0 Å². The summed E-state index contributed by atoms with van der Waals surface area (Å²) >= 11 is 0. The number of fused-ring (bicyclic) bond motifs is 2. The molecule has 1 atom stereocenters. The molecule has 1 saturated heterocycles. The molecule has 2 aliphatic rings. The van der Waals surface area contributed by atoms with E-state index >= 15 is 0 Å². The molecule has 0 aliphatic carbocycles. The number of nitrogens with zero attached hydrogens (tertiary/aromatic N) is 3. The number of para-hydroxylation sites is 1. The minimum Gasteiger partial charge on any atom is -0.508 e. The second kappa shape index (κ2) is 6.00. The lowest BCUT2D eigenvalue weighted by atomic mass is 10.1. The third kappa shape index (κ3) is 2.73. The van der Waals surface area contributed by atoms with E-state index in [0.717, 1.165) is 36.5 Å². The first-order valence-electron chi connectivity index (χ1n) is 8.20. The molecule has 0 unspecified atom stereocenters. The fourth-order valence-electron chi connectivity index (χ4n) is 3.34. The van der Waals surface area contributed by atoms with Gasteiger partial charge in [0, 0.05) is 13.0 Å².